The molecule has 2 atom stereocenters. The zero-order valence-corrected chi connectivity index (χ0v) is 23.5. The lowest BCUT2D eigenvalue weighted by Gasteiger charge is -2.37. The Kier molecular flexibility index (Phi) is 7.11. The maximum Gasteiger partial charge on any atom is 0.243 e. The molecular weight excluding hydrogens is 537 g/mol. The first-order valence-corrected chi connectivity index (χ1v) is 13.6. The van der Waals surface area contributed by atoms with Gasteiger partial charge in [0.15, 0.2) is 11.6 Å². The predicted octanol–water partition coefficient (Wildman–Crippen LogP) is 4.81. The van der Waals surface area contributed by atoms with Gasteiger partial charge in [-0.3, -0.25) is 4.79 Å². The third kappa shape index (κ3) is 5.30. The standard InChI is InChI=1S/C30H30FN9O2/c1-5-27(41)34-19-12-17(2)14-40(15-19)26-11-8-22-29(36-26)30(33-16-32-22)35-21-7-10-25(18(3)28(21)31)42-20-6-9-24-23(13-20)37-38-39(24)4/h5-11,13,16-17,19H,1,12,14-15H2,2-4H3,(H,34,41)(H,32,33,35)/t17-,19+/m0/s1. The highest BCUT2D eigenvalue weighted by atomic mass is 19.1. The van der Waals surface area contributed by atoms with Crippen molar-refractivity contribution in [1.29, 1.82) is 0 Å². The van der Waals surface area contributed by atoms with E-state index in [2.05, 4.69) is 49.3 Å². The number of aromatic nitrogens is 6. The Morgan fingerprint density at radius 1 is 1.14 bits per heavy atom. The maximum absolute atomic E-state index is 15.6. The third-order valence-corrected chi connectivity index (χ3v) is 7.38. The molecule has 0 spiro atoms. The van der Waals surface area contributed by atoms with Crippen molar-refractivity contribution in [2.75, 3.05) is 23.3 Å². The molecule has 2 N–H and O–H groups in total. The number of halogens is 1. The molecule has 2 aromatic carbocycles. The van der Waals surface area contributed by atoms with Crippen molar-refractivity contribution in [2.24, 2.45) is 13.0 Å². The first-order chi connectivity index (χ1) is 20.3. The van der Waals surface area contributed by atoms with Crippen LogP contribution in [0.4, 0.5) is 21.7 Å². The molecule has 11 nitrogen and oxygen atoms in total. The van der Waals surface area contributed by atoms with Crippen molar-refractivity contribution in [1.82, 2.24) is 35.3 Å². The Morgan fingerprint density at radius 2 is 2.00 bits per heavy atom. The van der Waals surface area contributed by atoms with Crippen molar-refractivity contribution in [3.05, 3.63) is 72.8 Å². The van der Waals surface area contributed by atoms with Gasteiger partial charge >= 0.3 is 0 Å². The number of ether oxygens (including phenoxy) is 1. The minimum Gasteiger partial charge on any atom is -0.457 e. The molecule has 1 aliphatic heterocycles. The highest BCUT2D eigenvalue weighted by Crippen LogP contribution is 2.34. The number of fused-ring (bicyclic) bond motifs is 2. The van der Waals surface area contributed by atoms with Gasteiger partial charge in [0.1, 0.15) is 34.7 Å². The molecule has 42 heavy (non-hydrogen) atoms. The molecule has 0 saturated carbocycles. The number of carbonyl (C=O) groups excluding carboxylic acids is 1. The molecule has 0 aliphatic carbocycles. The van der Waals surface area contributed by atoms with Gasteiger partial charge in [-0.25, -0.2) is 24.0 Å². The van der Waals surface area contributed by atoms with E-state index in [4.69, 9.17) is 9.72 Å². The molecule has 1 amide bonds. The topological polar surface area (TPSA) is 123 Å². The first kappa shape index (κ1) is 27.1. The Morgan fingerprint density at radius 3 is 2.83 bits per heavy atom. The van der Waals surface area contributed by atoms with Crippen LogP contribution < -0.4 is 20.3 Å². The fraction of sp³-hybridized carbons (Fsp3) is 0.267. The second kappa shape index (κ2) is 11.0. The highest BCUT2D eigenvalue weighted by Gasteiger charge is 2.27. The van der Waals surface area contributed by atoms with Crippen molar-refractivity contribution >= 4 is 45.3 Å². The molecule has 1 saturated heterocycles. The fourth-order valence-electron chi connectivity index (χ4n) is 5.31. The summed E-state index contributed by atoms with van der Waals surface area (Å²) in [5.74, 6) is 1.70. The number of pyridine rings is 1. The van der Waals surface area contributed by atoms with E-state index in [1.165, 1.54) is 12.4 Å². The number of nitrogens with zero attached hydrogens (tertiary/aromatic N) is 7. The molecule has 3 aromatic heterocycles. The average Bonchev–Trinajstić information content (AvgIpc) is 3.36. The number of hydrogen-bond donors (Lipinski definition) is 2. The number of benzene rings is 2. The van der Waals surface area contributed by atoms with Gasteiger partial charge in [0.2, 0.25) is 5.91 Å². The molecule has 0 radical (unpaired) electrons. The summed E-state index contributed by atoms with van der Waals surface area (Å²) in [6, 6.07) is 12.5. The molecule has 5 aromatic rings. The van der Waals surface area contributed by atoms with Gasteiger partial charge < -0.3 is 20.3 Å². The Bertz CT molecular complexity index is 1820. The fourth-order valence-corrected chi connectivity index (χ4v) is 5.31. The number of rotatable bonds is 7. The number of aryl methyl sites for hydroxylation is 1. The zero-order chi connectivity index (χ0) is 29.4. The summed E-state index contributed by atoms with van der Waals surface area (Å²) < 4.78 is 23.3. The lowest BCUT2D eigenvalue weighted by atomic mass is 9.96. The van der Waals surface area contributed by atoms with Crippen molar-refractivity contribution in [2.45, 2.75) is 26.3 Å². The van der Waals surface area contributed by atoms with Crippen LogP contribution in [-0.2, 0) is 11.8 Å². The Hall–Kier alpha value is -5.13. The molecule has 214 valence electrons. The number of piperidine rings is 1. The lowest BCUT2D eigenvalue weighted by Crippen LogP contribution is -2.50. The minimum absolute atomic E-state index is 0.0262. The van der Waals surface area contributed by atoms with Crippen molar-refractivity contribution in [3.63, 3.8) is 0 Å². The predicted molar refractivity (Wildman–Crippen MR) is 158 cm³/mol. The largest absolute Gasteiger partial charge is 0.457 e. The summed E-state index contributed by atoms with van der Waals surface area (Å²) in [6.07, 6.45) is 3.57. The molecule has 0 bridgehead atoms. The van der Waals surface area contributed by atoms with Crippen molar-refractivity contribution in [3.8, 4) is 11.5 Å². The number of carbonyl (C=O) groups is 1. The molecule has 12 heteroatoms. The number of hydrogen-bond acceptors (Lipinski definition) is 9. The van der Waals surface area contributed by atoms with Crippen LogP contribution in [-0.4, -0.2) is 55.0 Å². The van der Waals surface area contributed by atoms with Crippen LogP contribution in [0.25, 0.3) is 22.1 Å². The SMILES string of the molecule is C=CC(=O)N[C@@H]1C[C@H](C)CN(c2ccc3ncnc(Nc4ccc(Oc5ccc6c(c5)nnn6C)c(C)c4F)c3n2)C1. The quantitative estimate of drug-likeness (QED) is 0.267. The molecule has 4 heterocycles. The van der Waals surface area contributed by atoms with Gasteiger partial charge in [-0.05, 0) is 61.7 Å². The smallest absolute Gasteiger partial charge is 0.243 e. The van der Waals surface area contributed by atoms with Crippen LogP contribution >= 0.6 is 0 Å². The normalized spacial score (nSPS) is 16.9. The van der Waals surface area contributed by atoms with Crippen LogP contribution in [0.1, 0.15) is 18.9 Å². The number of nitrogens with one attached hydrogen (secondary N) is 2. The van der Waals surface area contributed by atoms with Crippen LogP contribution in [0.5, 0.6) is 11.5 Å². The highest BCUT2D eigenvalue weighted by molar-refractivity contribution is 5.88. The van der Waals surface area contributed by atoms with Crippen LogP contribution in [0.15, 0.2) is 61.4 Å². The van der Waals surface area contributed by atoms with E-state index in [1.807, 2.05) is 25.2 Å². The molecule has 0 unspecified atom stereocenters. The molecule has 6 rings (SSSR count). The van der Waals surface area contributed by atoms with Gasteiger partial charge in [-0.1, -0.05) is 18.7 Å². The molecule has 1 fully saturated rings. The lowest BCUT2D eigenvalue weighted by molar-refractivity contribution is -0.117. The van der Waals surface area contributed by atoms with Gasteiger partial charge in [0, 0.05) is 37.8 Å². The minimum atomic E-state index is -0.471. The zero-order valence-electron chi connectivity index (χ0n) is 23.5. The Labute approximate surface area is 241 Å². The summed E-state index contributed by atoms with van der Waals surface area (Å²) >= 11 is 0. The number of anilines is 3. The van der Waals surface area contributed by atoms with Crippen LogP contribution in [0.3, 0.4) is 0 Å². The number of amides is 1. The Balaban J connectivity index is 1.25. The van der Waals surface area contributed by atoms with E-state index < -0.39 is 5.82 Å². The van der Waals surface area contributed by atoms with Crippen LogP contribution in [0, 0.1) is 18.7 Å². The first-order valence-electron chi connectivity index (χ1n) is 13.6. The van der Waals surface area contributed by atoms with E-state index in [-0.39, 0.29) is 17.6 Å². The van der Waals surface area contributed by atoms with E-state index in [0.29, 0.717) is 51.9 Å². The summed E-state index contributed by atoms with van der Waals surface area (Å²) in [6.45, 7) is 8.74. The van der Waals surface area contributed by atoms with Gasteiger partial charge in [-0.15, -0.1) is 5.10 Å². The van der Waals surface area contributed by atoms with E-state index in [9.17, 15) is 4.79 Å². The second-order valence-electron chi connectivity index (χ2n) is 10.6. The summed E-state index contributed by atoms with van der Waals surface area (Å²) in [5.41, 5.74) is 3.25. The monoisotopic (exact) mass is 567 g/mol. The van der Waals surface area contributed by atoms with Gasteiger partial charge in [-0.2, -0.15) is 0 Å². The van der Waals surface area contributed by atoms with Gasteiger partial charge in [0.25, 0.3) is 0 Å². The second-order valence-corrected chi connectivity index (χ2v) is 10.6. The van der Waals surface area contributed by atoms with E-state index >= 15 is 4.39 Å². The third-order valence-electron chi connectivity index (χ3n) is 7.38. The average molecular weight is 568 g/mol. The van der Waals surface area contributed by atoms with Crippen molar-refractivity contribution < 1.29 is 13.9 Å². The van der Waals surface area contributed by atoms with E-state index in [0.717, 1.165) is 24.3 Å². The maximum atomic E-state index is 15.6. The van der Waals surface area contributed by atoms with Crippen LogP contribution in [0.2, 0.25) is 0 Å². The summed E-state index contributed by atoms with van der Waals surface area (Å²) in [7, 11) is 1.81. The van der Waals surface area contributed by atoms with E-state index in [1.54, 1.807) is 35.9 Å². The molecule has 1 aliphatic rings. The summed E-state index contributed by atoms with van der Waals surface area (Å²) in [5, 5.41) is 14.2. The molecular formula is C30H30FN9O2. The van der Waals surface area contributed by atoms with Gasteiger partial charge in [0.05, 0.1) is 16.7 Å². The summed E-state index contributed by atoms with van der Waals surface area (Å²) in [4.78, 5) is 27.6.